The Morgan fingerprint density at radius 3 is 2.65 bits per heavy atom. The lowest BCUT2D eigenvalue weighted by Crippen LogP contribution is -2.37. The molecule has 5 rings (SSSR count). The molecule has 1 amide bonds. The van der Waals surface area contributed by atoms with Crippen LogP contribution in [-0.2, 0) is 13.0 Å². The fourth-order valence-electron chi connectivity index (χ4n) is 4.33. The van der Waals surface area contributed by atoms with Crippen LogP contribution in [0.1, 0.15) is 24.6 Å². The number of hydrogen-bond donors (Lipinski definition) is 1. The standard InChI is InChI=1S/C18H14ClFN2O2.C13H18N2O/c19-11-1-6-16-15(9-11)14-7-8-22(10-17(14)21-16)18(23)24-13-4-2-12(20)3-5-13;1-3-10-15(14-2)11-7-12-16-13-8-5-4-6-9-13/h1-6,9,21H,7-8,10H2;3-6,8-10H,2,7,11-12H2,1H3/b;10-3-. The number of halogens is 2. The van der Waals surface area contributed by atoms with Crippen LogP contribution in [0.3, 0.4) is 0 Å². The largest absolute Gasteiger partial charge is 0.494 e. The van der Waals surface area contributed by atoms with Crippen LogP contribution in [0.25, 0.3) is 10.9 Å². The van der Waals surface area contributed by atoms with Gasteiger partial charge in [-0.2, -0.15) is 5.10 Å². The molecule has 2 heterocycles. The number of allylic oxidation sites excluding steroid dienone is 1. The van der Waals surface area contributed by atoms with Crippen molar-refractivity contribution in [1.82, 2.24) is 14.9 Å². The second-order valence-corrected chi connectivity index (χ2v) is 9.50. The summed E-state index contributed by atoms with van der Waals surface area (Å²) >= 11 is 6.07. The van der Waals surface area contributed by atoms with Crippen LogP contribution < -0.4 is 9.47 Å². The molecule has 0 bridgehead atoms. The van der Waals surface area contributed by atoms with Crippen LogP contribution in [0.4, 0.5) is 9.18 Å². The molecule has 40 heavy (non-hydrogen) atoms. The molecule has 0 aliphatic carbocycles. The molecular formula is C31H32ClFN4O3. The Labute approximate surface area is 238 Å². The number of nitrogens with zero attached hydrogens (tertiary/aromatic N) is 3. The van der Waals surface area contributed by atoms with Gasteiger partial charge < -0.3 is 19.4 Å². The van der Waals surface area contributed by atoms with E-state index in [1.165, 1.54) is 29.8 Å². The maximum atomic E-state index is 12.9. The summed E-state index contributed by atoms with van der Waals surface area (Å²) in [6, 6.07) is 20.9. The second kappa shape index (κ2) is 14.2. The van der Waals surface area contributed by atoms with Crippen molar-refractivity contribution >= 4 is 35.3 Å². The fourth-order valence-corrected chi connectivity index (χ4v) is 4.51. The third-order valence-corrected chi connectivity index (χ3v) is 6.50. The van der Waals surface area contributed by atoms with Gasteiger partial charge in [-0.3, -0.25) is 5.01 Å². The lowest BCUT2D eigenvalue weighted by molar-refractivity contribution is 0.146. The number of carbonyl (C=O) groups excluding carboxylic acids is 1. The zero-order valence-electron chi connectivity index (χ0n) is 22.4. The van der Waals surface area contributed by atoms with E-state index in [1.54, 1.807) is 9.91 Å². The maximum absolute atomic E-state index is 12.9. The molecule has 1 aliphatic heterocycles. The number of rotatable bonds is 8. The van der Waals surface area contributed by atoms with Gasteiger partial charge in [-0.15, -0.1) is 0 Å². The van der Waals surface area contributed by atoms with Crippen molar-refractivity contribution in [1.29, 1.82) is 0 Å². The van der Waals surface area contributed by atoms with E-state index in [0.29, 0.717) is 30.5 Å². The fraction of sp³-hybridized carbons (Fsp3) is 0.226. The first-order valence-corrected chi connectivity index (χ1v) is 13.4. The number of carbonyl (C=O) groups is 1. The number of hydrazone groups is 1. The van der Waals surface area contributed by atoms with Gasteiger partial charge in [-0.25, -0.2) is 9.18 Å². The van der Waals surface area contributed by atoms with E-state index < -0.39 is 6.09 Å². The van der Waals surface area contributed by atoms with E-state index in [-0.39, 0.29) is 5.82 Å². The molecular weight excluding hydrogens is 531 g/mol. The van der Waals surface area contributed by atoms with E-state index in [1.807, 2.05) is 67.7 Å². The number of aromatic amines is 1. The van der Waals surface area contributed by atoms with Gasteiger partial charge in [-0.1, -0.05) is 35.9 Å². The Bertz CT molecular complexity index is 1440. The predicted octanol–water partition coefficient (Wildman–Crippen LogP) is 7.42. The van der Waals surface area contributed by atoms with Crippen molar-refractivity contribution in [2.75, 3.05) is 19.7 Å². The number of aromatic nitrogens is 1. The molecule has 3 aromatic carbocycles. The Kier molecular flexibility index (Phi) is 10.2. The molecule has 0 saturated heterocycles. The lowest BCUT2D eigenvalue weighted by Gasteiger charge is -2.26. The summed E-state index contributed by atoms with van der Waals surface area (Å²) in [6.07, 6.45) is 5.04. The molecule has 0 atom stereocenters. The number of fused-ring (bicyclic) bond motifs is 3. The highest BCUT2D eigenvalue weighted by Gasteiger charge is 2.25. The normalized spacial score (nSPS) is 12.4. The van der Waals surface area contributed by atoms with Gasteiger partial charge in [0.05, 0.1) is 13.2 Å². The number of ether oxygens (including phenoxy) is 2. The van der Waals surface area contributed by atoms with Crippen LogP contribution in [0.5, 0.6) is 11.5 Å². The highest BCUT2D eigenvalue weighted by atomic mass is 35.5. The van der Waals surface area contributed by atoms with E-state index in [9.17, 15) is 9.18 Å². The van der Waals surface area contributed by atoms with Gasteiger partial charge in [-0.05, 0) is 73.5 Å². The number of amides is 1. The summed E-state index contributed by atoms with van der Waals surface area (Å²) in [7, 11) is 0. The first kappa shape index (κ1) is 28.7. The van der Waals surface area contributed by atoms with Crippen LogP contribution in [0.2, 0.25) is 5.02 Å². The molecule has 1 N–H and O–H groups in total. The molecule has 208 valence electrons. The van der Waals surface area contributed by atoms with Crippen molar-refractivity contribution in [2.45, 2.75) is 26.3 Å². The number of para-hydroxylation sites is 1. The quantitative estimate of drug-likeness (QED) is 0.138. The highest BCUT2D eigenvalue weighted by molar-refractivity contribution is 6.31. The van der Waals surface area contributed by atoms with Crippen LogP contribution in [-0.4, -0.2) is 47.4 Å². The number of benzene rings is 3. The molecule has 0 spiro atoms. The van der Waals surface area contributed by atoms with Gasteiger partial charge in [0.2, 0.25) is 0 Å². The molecule has 0 fully saturated rings. The topological polar surface area (TPSA) is 70.2 Å². The van der Waals surface area contributed by atoms with Gasteiger partial charge in [0.25, 0.3) is 0 Å². The van der Waals surface area contributed by atoms with Gasteiger partial charge in [0.1, 0.15) is 17.3 Å². The monoisotopic (exact) mass is 562 g/mol. The zero-order chi connectivity index (χ0) is 28.3. The average molecular weight is 563 g/mol. The first-order valence-electron chi connectivity index (χ1n) is 13.0. The molecule has 0 unspecified atom stereocenters. The lowest BCUT2D eigenvalue weighted by atomic mass is 10.0. The number of nitrogens with one attached hydrogen (secondary N) is 1. The van der Waals surface area contributed by atoms with E-state index in [4.69, 9.17) is 21.1 Å². The first-order chi connectivity index (χ1) is 19.5. The summed E-state index contributed by atoms with van der Waals surface area (Å²) < 4.78 is 23.8. The SMILES string of the molecule is C=NN(/C=C\C)CCCOc1ccccc1.O=C(Oc1ccc(F)cc1)N1CCc2c([nH]c3ccc(Cl)cc23)C1. The van der Waals surface area contributed by atoms with Gasteiger partial charge in [0, 0.05) is 54.0 Å². The van der Waals surface area contributed by atoms with Crippen LogP contribution in [0, 0.1) is 5.82 Å². The van der Waals surface area contributed by atoms with Crippen LogP contribution in [0.15, 0.2) is 90.2 Å². The van der Waals surface area contributed by atoms with Crippen LogP contribution >= 0.6 is 11.6 Å². The third-order valence-electron chi connectivity index (χ3n) is 6.26. The van der Waals surface area contributed by atoms with Crippen molar-refractivity contribution < 1.29 is 18.7 Å². The summed E-state index contributed by atoms with van der Waals surface area (Å²) in [5.74, 6) is 0.872. The Morgan fingerprint density at radius 2 is 1.93 bits per heavy atom. The Balaban J connectivity index is 0.000000202. The minimum atomic E-state index is -0.441. The van der Waals surface area contributed by atoms with Crippen molar-refractivity contribution in [3.8, 4) is 11.5 Å². The van der Waals surface area contributed by atoms with Gasteiger partial charge in [0.15, 0.2) is 0 Å². The average Bonchev–Trinajstić information content (AvgIpc) is 3.34. The zero-order valence-corrected chi connectivity index (χ0v) is 23.1. The third kappa shape index (κ3) is 7.86. The Hall–Kier alpha value is -4.30. The smallest absolute Gasteiger partial charge is 0.415 e. The van der Waals surface area contributed by atoms with E-state index in [2.05, 4.69) is 16.8 Å². The minimum absolute atomic E-state index is 0.329. The highest BCUT2D eigenvalue weighted by Crippen LogP contribution is 2.30. The summed E-state index contributed by atoms with van der Waals surface area (Å²) in [5.41, 5.74) is 3.20. The van der Waals surface area contributed by atoms with Gasteiger partial charge >= 0.3 is 6.09 Å². The molecule has 4 aromatic rings. The van der Waals surface area contributed by atoms with Crippen molar-refractivity contribution in [3.63, 3.8) is 0 Å². The number of hydrogen-bond acceptors (Lipinski definition) is 5. The van der Waals surface area contributed by atoms with Crippen molar-refractivity contribution in [3.05, 3.63) is 107 Å². The summed E-state index contributed by atoms with van der Waals surface area (Å²) in [6.45, 7) is 7.97. The predicted molar refractivity (Wildman–Crippen MR) is 157 cm³/mol. The maximum Gasteiger partial charge on any atom is 0.415 e. The second-order valence-electron chi connectivity index (χ2n) is 9.07. The van der Waals surface area contributed by atoms with E-state index >= 15 is 0 Å². The number of H-pyrrole nitrogens is 1. The molecule has 0 saturated carbocycles. The summed E-state index contributed by atoms with van der Waals surface area (Å²) in [4.78, 5) is 17.3. The Morgan fingerprint density at radius 1 is 1.15 bits per heavy atom. The van der Waals surface area contributed by atoms with Crippen molar-refractivity contribution in [2.24, 2.45) is 5.10 Å². The molecule has 9 heteroatoms. The minimum Gasteiger partial charge on any atom is -0.494 e. The molecule has 7 nitrogen and oxygen atoms in total. The summed E-state index contributed by atoms with van der Waals surface area (Å²) in [5, 5.41) is 7.46. The molecule has 0 radical (unpaired) electrons. The molecule has 1 aliphatic rings. The van der Waals surface area contributed by atoms with E-state index in [0.717, 1.165) is 41.7 Å². The molecule has 1 aromatic heterocycles.